The molecular formula is C14H12O4. The average molecular weight is 244 g/mol. The quantitative estimate of drug-likeness (QED) is 0.800. The molecule has 0 saturated heterocycles. The molecule has 92 valence electrons. The highest BCUT2D eigenvalue weighted by atomic mass is 16.7. The molecule has 1 aromatic carbocycles. The highest BCUT2D eigenvalue weighted by Gasteiger charge is 2.14. The number of ether oxygens (including phenoxy) is 3. The van der Waals surface area contributed by atoms with E-state index in [4.69, 9.17) is 14.2 Å². The molecule has 2 aliphatic rings. The summed E-state index contributed by atoms with van der Waals surface area (Å²) in [6.07, 6.45) is 6.88. The van der Waals surface area contributed by atoms with Crippen molar-refractivity contribution in [2.24, 2.45) is 0 Å². The van der Waals surface area contributed by atoms with E-state index in [0.29, 0.717) is 6.42 Å². The van der Waals surface area contributed by atoms with Gasteiger partial charge in [-0.25, -0.2) is 0 Å². The smallest absolute Gasteiger partial charge is 0.231 e. The van der Waals surface area contributed by atoms with Gasteiger partial charge in [0.1, 0.15) is 6.10 Å². The van der Waals surface area contributed by atoms with Gasteiger partial charge in [-0.15, -0.1) is 0 Å². The van der Waals surface area contributed by atoms with E-state index in [1.807, 2.05) is 30.4 Å². The van der Waals surface area contributed by atoms with Crippen molar-refractivity contribution in [1.29, 1.82) is 0 Å². The summed E-state index contributed by atoms with van der Waals surface area (Å²) in [5.74, 6) is 1.60. The summed E-state index contributed by atoms with van der Waals surface area (Å²) >= 11 is 0. The average Bonchev–Trinajstić information content (AvgIpc) is 2.84. The van der Waals surface area contributed by atoms with E-state index in [-0.39, 0.29) is 18.7 Å². The molecule has 0 bridgehead atoms. The lowest BCUT2D eigenvalue weighted by atomic mass is 10.1. The summed E-state index contributed by atoms with van der Waals surface area (Å²) in [5.41, 5.74) is 0.991. The Morgan fingerprint density at radius 3 is 3.00 bits per heavy atom. The van der Waals surface area contributed by atoms with Crippen LogP contribution in [0.15, 0.2) is 36.6 Å². The molecule has 0 aromatic heterocycles. The summed E-state index contributed by atoms with van der Waals surface area (Å²) < 4.78 is 15.9. The molecule has 3 rings (SSSR count). The molecule has 0 radical (unpaired) electrons. The van der Waals surface area contributed by atoms with Gasteiger partial charge in [-0.1, -0.05) is 12.1 Å². The van der Waals surface area contributed by atoms with Gasteiger partial charge in [-0.2, -0.15) is 0 Å². The lowest BCUT2D eigenvalue weighted by Crippen LogP contribution is -2.15. The van der Waals surface area contributed by atoms with Crippen molar-refractivity contribution < 1.29 is 19.0 Å². The summed E-state index contributed by atoms with van der Waals surface area (Å²) in [6.45, 7) is 0.271. The Morgan fingerprint density at radius 2 is 2.11 bits per heavy atom. The van der Waals surface area contributed by atoms with E-state index < -0.39 is 0 Å². The highest BCUT2D eigenvalue weighted by Crippen LogP contribution is 2.32. The predicted molar refractivity (Wildman–Crippen MR) is 65.2 cm³/mol. The molecule has 0 spiro atoms. The molecule has 0 fully saturated rings. The Morgan fingerprint density at radius 1 is 1.22 bits per heavy atom. The Kier molecular flexibility index (Phi) is 2.76. The molecule has 1 atom stereocenters. The first kappa shape index (κ1) is 10.9. The largest absolute Gasteiger partial charge is 0.493 e. The SMILES string of the molecule is O=C1C=COC(/C=C/c2ccc3c(c2)OCO3)C1. The topological polar surface area (TPSA) is 44.8 Å². The van der Waals surface area contributed by atoms with Crippen molar-refractivity contribution in [3.8, 4) is 11.5 Å². The maximum absolute atomic E-state index is 11.2. The third kappa shape index (κ3) is 2.22. The number of hydrogen-bond acceptors (Lipinski definition) is 4. The minimum Gasteiger partial charge on any atom is -0.493 e. The van der Waals surface area contributed by atoms with Crippen LogP contribution in [0.2, 0.25) is 0 Å². The van der Waals surface area contributed by atoms with Crippen molar-refractivity contribution in [3.63, 3.8) is 0 Å². The Labute approximate surface area is 104 Å². The number of fused-ring (bicyclic) bond motifs is 1. The summed E-state index contributed by atoms with van der Waals surface area (Å²) in [4.78, 5) is 11.2. The second-order valence-corrected chi connectivity index (χ2v) is 4.12. The van der Waals surface area contributed by atoms with Gasteiger partial charge in [0.15, 0.2) is 17.3 Å². The van der Waals surface area contributed by atoms with Gasteiger partial charge in [-0.3, -0.25) is 4.79 Å². The van der Waals surface area contributed by atoms with E-state index in [1.165, 1.54) is 12.3 Å². The van der Waals surface area contributed by atoms with Crippen molar-refractivity contribution in [3.05, 3.63) is 42.2 Å². The number of benzene rings is 1. The van der Waals surface area contributed by atoms with E-state index in [9.17, 15) is 4.79 Å². The van der Waals surface area contributed by atoms with Crippen LogP contribution in [0.1, 0.15) is 12.0 Å². The van der Waals surface area contributed by atoms with Crippen LogP contribution in [0.5, 0.6) is 11.5 Å². The fourth-order valence-electron chi connectivity index (χ4n) is 1.88. The molecule has 0 N–H and O–H groups in total. The normalized spacial score (nSPS) is 21.3. The number of allylic oxidation sites excluding steroid dienone is 1. The van der Waals surface area contributed by atoms with Gasteiger partial charge in [0.2, 0.25) is 6.79 Å². The molecule has 2 heterocycles. The van der Waals surface area contributed by atoms with Gasteiger partial charge < -0.3 is 14.2 Å². The van der Waals surface area contributed by atoms with Crippen LogP contribution in [0.25, 0.3) is 6.08 Å². The fourth-order valence-corrected chi connectivity index (χ4v) is 1.88. The first-order chi connectivity index (χ1) is 8.81. The molecule has 1 aromatic rings. The molecule has 2 aliphatic heterocycles. The third-order valence-corrected chi connectivity index (χ3v) is 2.81. The van der Waals surface area contributed by atoms with Gasteiger partial charge >= 0.3 is 0 Å². The molecule has 0 saturated carbocycles. The number of rotatable bonds is 2. The van der Waals surface area contributed by atoms with Crippen LogP contribution in [0, 0.1) is 0 Å². The van der Waals surface area contributed by atoms with Gasteiger partial charge in [0, 0.05) is 6.08 Å². The Balaban J connectivity index is 1.72. The number of ketones is 1. The van der Waals surface area contributed by atoms with E-state index >= 15 is 0 Å². The van der Waals surface area contributed by atoms with Gasteiger partial charge in [-0.05, 0) is 23.8 Å². The number of hydrogen-bond donors (Lipinski definition) is 0. The van der Waals surface area contributed by atoms with Crippen LogP contribution >= 0.6 is 0 Å². The molecule has 4 nitrogen and oxygen atoms in total. The van der Waals surface area contributed by atoms with Crippen molar-refractivity contribution >= 4 is 11.9 Å². The number of carbonyl (C=O) groups excluding carboxylic acids is 1. The maximum Gasteiger partial charge on any atom is 0.231 e. The zero-order valence-electron chi connectivity index (χ0n) is 9.67. The molecule has 1 unspecified atom stereocenters. The van der Waals surface area contributed by atoms with Gasteiger partial charge in [0.05, 0.1) is 12.7 Å². The second-order valence-electron chi connectivity index (χ2n) is 4.12. The Hall–Kier alpha value is -2.23. The van der Waals surface area contributed by atoms with E-state index in [1.54, 1.807) is 0 Å². The third-order valence-electron chi connectivity index (χ3n) is 2.81. The molecular weight excluding hydrogens is 232 g/mol. The lowest BCUT2D eigenvalue weighted by Gasteiger charge is -2.14. The van der Waals surface area contributed by atoms with Crippen LogP contribution in [-0.4, -0.2) is 18.7 Å². The Bertz CT molecular complexity index is 531. The van der Waals surface area contributed by atoms with Crippen LogP contribution < -0.4 is 9.47 Å². The van der Waals surface area contributed by atoms with Crippen molar-refractivity contribution in [2.45, 2.75) is 12.5 Å². The number of carbonyl (C=O) groups is 1. The molecule has 18 heavy (non-hydrogen) atoms. The minimum absolute atomic E-state index is 0.0848. The fraction of sp³-hybridized carbons (Fsp3) is 0.214. The molecule has 4 heteroatoms. The maximum atomic E-state index is 11.2. The first-order valence-electron chi connectivity index (χ1n) is 5.74. The summed E-state index contributed by atoms with van der Waals surface area (Å²) in [5, 5.41) is 0. The van der Waals surface area contributed by atoms with Gasteiger partial charge in [0.25, 0.3) is 0 Å². The lowest BCUT2D eigenvalue weighted by molar-refractivity contribution is -0.117. The molecule has 0 amide bonds. The second kappa shape index (κ2) is 4.56. The van der Waals surface area contributed by atoms with Crippen molar-refractivity contribution in [2.75, 3.05) is 6.79 Å². The zero-order valence-corrected chi connectivity index (χ0v) is 9.67. The summed E-state index contributed by atoms with van der Waals surface area (Å²) in [7, 11) is 0. The zero-order chi connectivity index (χ0) is 12.4. The highest BCUT2D eigenvalue weighted by molar-refractivity contribution is 5.90. The van der Waals surface area contributed by atoms with Crippen LogP contribution in [0.3, 0.4) is 0 Å². The standard InChI is InChI=1S/C14H12O4/c15-11-5-6-16-12(8-11)3-1-10-2-4-13-14(7-10)18-9-17-13/h1-7,12H,8-9H2/b3-1+. The monoisotopic (exact) mass is 244 g/mol. The molecule has 0 aliphatic carbocycles. The predicted octanol–water partition coefficient (Wildman–Crippen LogP) is 2.30. The van der Waals surface area contributed by atoms with E-state index in [0.717, 1.165) is 17.1 Å². The van der Waals surface area contributed by atoms with Crippen LogP contribution in [-0.2, 0) is 9.53 Å². The van der Waals surface area contributed by atoms with Crippen molar-refractivity contribution in [1.82, 2.24) is 0 Å². The summed E-state index contributed by atoms with van der Waals surface area (Å²) in [6, 6.07) is 5.71. The first-order valence-corrected chi connectivity index (χ1v) is 5.74. The van der Waals surface area contributed by atoms with E-state index in [2.05, 4.69) is 0 Å². The minimum atomic E-state index is -0.187. The van der Waals surface area contributed by atoms with Crippen LogP contribution in [0.4, 0.5) is 0 Å².